The van der Waals surface area contributed by atoms with Gasteiger partial charge in [-0.05, 0) is 106 Å². The topological polar surface area (TPSA) is 158 Å². The lowest BCUT2D eigenvalue weighted by Gasteiger charge is -2.27. The Bertz CT molecular complexity index is 2910. The molecule has 0 bridgehead atoms. The first kappa shape index (κ1) is 61.5. The standard InChI is InChI=1S/C23H26O5S.C22H24Cl2O5.C21H24O4/c1-23(2,16-3-7-18(8-4-16)25-11-20-12-27-20)17-5-9-19(10-6-17)26-13-21-15-29-22(24)14-28-21;1-22(2,16-5-9-18(10-6-16)27-13-20-14-28-20)15-3-7-17(8-4-15)26-12-19(11-23)29-21(24)25;1-21(2,15-3-7-17(8-4-15)22-11-19-13-24-19)16-5-9-18(10-6-16)23-12-20-14-25-20/h3-10,20-21H,11-15H2,1-2H3;3-10,19-20H,11-14H2,1-2H3;3-10,19-20H,11-14H2,1-2H3. The normalized spacial score (nSPS) is 20.0. The smallest absolute Gasteiger partial charge is 0.404 e. The van der Waals surface area contributed by atoms with Crippen LogP contribution >= 0.6 is 35.0 Å². The number of ether oxygens (including phenoxy) is 12. The fraction of sp³-hybridized carbons (Fsp3) is 0.424. The van der Waals surface area contributed by atoms with Crippen molar-refractivity contribution in [3.8, 4) is 34.5 Å². The molecule has 0 amide bonds. The number of thioether (sulfide) groups is 1. The molecule has 0 radical (unpaired) electrons. The number of carbonyl (C=O) groups excluding carboxylic acids is 2. The molecule has 6 unspecified atom stereocenters. The summed E-state index contributed by atoms with van der Waals surface area (Å²) < 4.78 is 65.4. The van der Waals surface area contributed by atoms with Crippen molar-refractivity contribution in [2.45, 2.75) is 94.4 Å². The van der Waals surface area contributed by atoms with Crippen molar-refractivity contribution in [3.63, 3.8) is 0 Å². The fourth-order valence-electron chi connectivity index (χ4n) is 8.90. The van der Waals surface area contributed by atoms with Gasteiger partial charge in [-0.2, -0.15) is 0 Å². The summed E-state index contributed by atoms with van der Waals surface area (Å²) in [5.41, 5.74) is 5.94. The number of benzene rings is 6. The fourth-order valence-corrected chi connectivity index (χ4v) is 9.89. The largest absolute Gasteiger partial charge is 0.491 e. The van der Waals surface area contributed by atoms with E-state index in [2.05, 4.69) is 102 Å². The monoisotopic (exact) mass is 1190 g/mol. The molecule has 5 aliphatic rings. The van der Waals surface area contributed by atoms with Crippen LogP contribution in [0.5, 0.6) is 34.5 Å². The van der Waals surface area contributed by atoms with E-state index in [0.29, 0.717) is 44.5 Å². The molecule has 0 spiro atoms. The molecule has 5 fully saturated rings. The lowest BCUT2D eigenvalue weighted by atomic mass is 9.78. The molecule has 5 saturated heterocycles. The van der Waals surface area contributed by atoms with E-state index in [1.54, 1.807) is 0 Å². The molecule has 0 aromatic heterocycles. The van der Waals surface area contributed by atoms with Gasteiger partial charge in [0.1, 0.15) is 111 Å². The lowest BCUT2D eigenvalue weighted by molar-refractivity contribution is -0.118. The molecule has 442 valence electrons. The lowest BCUT2D eigenvalue weighted by Crippen LogP contribution is -2.31. The van der Waals surface area contributed by atoms with Gasteiger partial charge in [0.15, 0.2) is 6.10 Å². The van der Waals surface area contributed by atoms with E-state index in [1.807, 2.05) is 84.9 Å². The van der Waals surface area contributed by atoms with Crippen LogP contribution in [0.1, 0.15) is 74.9 Å². The molecule has 6 atom stereocenters. The SMILES string of the molecule is CC(C)(c1ccc(OCC2CO2)cc1)c1ccc(OCC(CCl)OC(=O)Cl)cc1.CC(C)(c1ccc(OCC2CO2)cc1)c1ccc(OCC2CO2)cc1.CC(C)(c1ccc(OCC2CO2)cc1)c1ccc(OCC2CSC(=O)CO2)cc1. The molecule has 5 aliphatic heterocycles. The third-order valence-corrected chi connectivity index (χ3v) is 16.4. The van der Waals surface area contributed by atoms with Crippen LogP contribution in [0, 0.1) is 0 Å². The van der Waals surface area contributed by atoms with Crippen molar-refractivity contribution in [1.82, 2.24) is 0 Å². The highest BCUT2D eigenvalue weighted by molar-refractivity contribution is 8.13. The molecule has 83 heavy (non-hydrogen) atoms. The van der Waals surface area contributed by atoms with Crippen LogP contribution < -0.4 is 28.4 Å². The third kappa shape index (κ3) is 19.0. The maximum atomic E-state index is 11.2. The molecule has 11 rings (SSSR count). The van der Waals surface area contributed by atoms with Crippen LogP contribution in [-0.4, -0.2) is 131 Å². The maximum absolute atomic E-state index is 11.2. The Morgan fingerprint density at radius 1 is 0.446 bits per heavy atom. The average Bonchev–Trinajstić information content (AvgIpc) is 4.48. The van der Waals surface area contributed by atoms with Crippen molar-refractivity contribution in [1.29, 1.82) is 0 Å². The zero-order chi connectivity index (χ0) is 58.4. The van der Waals surface area contributed by atoms with Crippen LogP contribution in [0.3, 0.4) is 0 Å². The van der Waals surface area contributed by atoms with Crippen molar-refractivity contribution in [3.05, 3.63) is 179 Å². The highest BCUT2D eigenvalue weighted by Crippen LogP contribution is 2.37. The summed E-state index contributed by atoms with van der Waals surface area (Å²) in [4.78, 5) is 22.0. The van der Waals surface area contributed by atoms with E-state index >= 15 is 0 Å². The summed E-state index contributed by atoms with van der Waals surface area (Å²) in [5.74, 6) is 5.72. The second-order valence-corrected chi connectivity index (χ2v) is 24.2. The molecule has 17 heteroatoms. The minimum Gasteiger partial charge on any atom is -0.491 e. The summed E-state index contributed by atoms with van der Waals surface area (Å²) in [6.07, 6.45) is 0.434. The zero-order valence-corrected chi connectivity index (χ0v) is 50.2. The summed E-state index contributed by atoms with van der Waals surface area (Å²) in [5, 5.41) is 0.0874. The summed E-state index contributed by atoms with van der Waals surface area (Å²) in [7, 11) is 0. The summed E-state index contributed by atoms with van der Waals surface area (Å²) in [6, 6.07) is 49.1. The van der Waals surface area contributed by atoms with Crippen molar-refractivity contribution in [2.24, 2.45) is 0 Å². The number of carbonyl (C=O) groups is 2. The Morgan fingerprint density at radius 2 is 0.699 bits per heavy atom. The van der Waals surface area contributed by atoms with Gasteiger partial charge in [0, 0.05) is 33.6 Å². The van der Waals surface area contributed by atoms with Crippen LogP contribution in [0.4, 0.5) is 4.79 Å². The van der Waals surface area contributed by atoms with Crippen molar-refractivity contribution in [2.75, 3.05) is 84.3 Å². The van der Waals surface area contributed by atoms with E-state index in [1.165, 1.54) is 39.6 Å². The molecular weight excluding hydrogens is 1120 g/mol. The molecule has 0 aliphatic carbocycles. The van der Waals surface area contributed by atoms with Gasteiger partial charge in [0.05, 0.1) is 32.3 Å². The predicted molar refractivity (Wildman–Crippen MR) is 321 cm³/mol. The first-order valence-corrected chi connectivity index (χ1v) is 30.0. The van der Waals surface area contributed by atoms with Gasteiger partial charge in [-0.15, -0.1) is 11.6 Å². The molecule has 6 aromatic carbocycles. The van der Waals surface area contributed by atoms with Crippen LogP contribution in [0.25, 0.3) is 0 Å². The van der Waals surface area contributed by atoms with Gasteiger partial charge < -0.3 is 56.8 Å². The first-order valence-electron chi connectivity index (χ1n) is 28.1. The van der Waals surface area contributed by atoms with Gasteiger partial charge in [0.2, 0.25) is 5.12 Å². The Hall–Kier alpha value is -6.01. The summed E-state index contributed by atoms with van der Waals surface area (Å²) in [6.45, 7) is 19.7. The Labute approximate surface area is 501 Å². The second-order valence-electron chi connectivity index (χ2n) is 22.5. The predicted octanol–water partition coefficient (Wildman–Crippen LogP) is 12.5. The van der Waals surface area contributed by atoms with Crippen LogP contribution in [0.2, 0.25) is 0 Å². The molecule has 0 saturated carbocycles. The van der Waals surface area contributed by atoms with E-state index in [0.717, 1.165) is 60.7 Å². The van der Waals surface area contributed by atoms with Crippen LogP contribution in [0.15, 0.2) is 146 Å². The maximum Gasteiger partial charge on any atom is 0.404 e. The third-order valence-electron chi connectivity index (χ3n) is 15.0. The number of epoxide rings is 4. The number of alkyl halides is 1. The highest BCUT2D eigenvalue weighted by atomic mass is 35.5. The molecule has 5 heterocycles. The number of hydrogen-bond donors (Lipinski definition) is 0. The Balaban J connectivity index is 0.000000150. The van der Waals surface area contributed by atoms with Crippen molar-refractivity contribution >= 4 is 45.5 Å². The van der Waals surface area contributed by atoms with Gasteiger partial charge in [-0.3, -0.25) is 4.79 Å². The Kier molecular flexibility index (Phi) is 21.3. The van der Waals surface area contributed by atoms with Gasteiger partial charge in [0.25, 0.3) is 0 Å². The number of rotatable bonds is 26. The van der Waals surface area contributed by atoms with Gasteiger partial charge in [-0.25, -0.2) is 4.79 Å². The van der Waals surface area contributed by atoms with E-state index in [-0.39, 0.29) is 71.0 Å². The summed E-state index contributed by atoms with van der Waals surface area (Å²) >= 11 is 12.3. The van der Waals surface area contributed by atoms with Gasteiger partial charge in [-0.1, -0.05) is 126 Å². The van der Waals surface area contributed by atoms with E-state index in [9.17, 15) is 9.59 Å². The first-order chi connectivity index (χ1) is 40.0. The zero-order valence-electron chi connectivity index (χ0n) is 47.9. The molecule has 14 nitrogen and oxygen atoms in total. The Morgan fingerprint density at radius 3 is 0.916 bits per heavy atom. The molecular formula is C66H74Cl2O14S. The van der Waals surface area contributed by atoms with Gasteiger partial charge >= 0.3 is 5.43 Å². The average molecular weight is 1190 g/mol. The quantitative estimate of drug-likeness (QED) is 0.0287. The molecule has 6 aromatic rings. The highest BCUT2D eigenvalue weighted by Gasteiger charge is 2.29. The second kappa shape index (κ2) is 28.7. The molecule has 0 N–H and O–H groups in total. The minimum atomic E-state index is -0.895. The van der Waals surface area contributed by atoms with Crippen molar-refractivity contribution < 1.29 is 66.4 Å². The van der Waals surface area contributed by atoms with Crippen LogP contribution in [-0.2, 0) is 49.5 Å². The minimum absolute atomic E-state index is 0.0407. The van der Waals surface area contributed by atoms with E-state index < -0.39 is 11.5 Å². The number of halogens is 2. The van der Waals surface area contributed by atoms with E-state index in [4.69, 9.17) is 80.0 Å². The number of hydrogen-bond acceptors (Lipinski definition) is 15.